The molecule has 1 fully saturated rings. The third-order valence-corrected chi connectivity index (χ3v) is 10.0. The van der Waals surface area contributed by atoms with Crippen LogP contribution in [0.2, 0.25) is 18.1 Å². The summed E-state index contributed by atoms with van der Waals surface area (Å²) in [6, 6.07) is 10.4. The minimum absolute atomic E-state index is 0.0170. The van der Waals surface area contributed by atoms with Crippen molar-refractivity contribution in [1.29, 1.82) is 0 Å². The first kappa shape index (κ1) is 19.2. The zero-order valence-electron chi connectivity index (χ0n) is 15.8. The number of ether oxygens (including phenoxy) is 1. The Kier molecular flexibility index (Phi) is 6.26. The van der Waals surface area contributed by atoms with Gasteiger partial charge in [0.25, 0.3) is 0 Å². The van der Waals surface area contributed by atoms with Crippen LogP contribution in [0.3, 0.4) is 0 Å². The summed E-state index contributed by atoms with van der Waals surface area (Å²) in [6.07, 6.45) is 4.35. The average Bonchev–Trinajstić information content (AvgIpc) is 2.53. The first-order valence-corrected chi connectivity index (χ1v) is 12.0. The van der Waals surface area contributed by atoms with Crippen LogP contribution in [0.5, 0.6) is 0 Å². The van der Waals surface area contributed by atoms with E-state index in [1.54, 1.807) is 0 Å². The van der Waals surface area contributed by atoms with Crippen LogP contribution in [0.25, 0.3) is 0 Å². The predicted octanol–water partition coefficient (Wildman–Crippen LogP) is 5.28. The third kappa shape index (κ3) is 4.93. The van der Waals surface area contributed by atoms with Crippen molar-refractivity contribution in [2.45, 2.75) is 76.6 Å². The van der Waals surface area contributed by atoms with E-state index in [1.165, 1.54) is 12.0 Å². The summed E-state index contributed by atoms with van der Waals surface area (Å²) >= 11 is 0. The van der Waals surface area contributed by atoms with Crippen LogP contribution in [-0.4, -0.2) is 27.0 Å². The normalized spacial score (nSPS) is 22.2. The van der Waals surface area contributed by atoms with Gasteiger partial charge in [0, 0.05) is 5.92 Å². The highest BCUT2D eigenvalue weighted by atomic mass is 28.4. The minimum Gasteiger partial charge on any atom is -0.460 e. The molecule has 0 N–H and O–H groups in total. The number of carbonyl (C=O) groups excluding carboxylic acids is 1. The maximum Gasteiger partial charge on any atom is 0.331 e. The van der Waals surface area contributed by atoms with E-state index < -0.39 is 8.32 Å². The molecule has 0 spiro atoms. The van der Waals surface area contributed by atoms with Gasteiger partial charge in [-0.25, -0.2) is 4.79 Å². The Labute approximate surface area is 147 Å². The molecule has 2 atom stereocenters. The number of carbonyl (C=O) groups is 1. The highest BCUT2D eigenvalue weighted by Crippen LogP contribution is 2.37. The highest BCUT2D eigenvalue weighted by Gasteiger charge is 2.38. The molecule has 24 heavy (non-hydrogen) atoms. The third-order valence-electron chi connectivity index (χ3n) is 5.57. The van der Waals surface area contributed by atoms with Gasteiger partial charge in [0.1, 0.15) is 12.7 Å². The van der Waals surface area contributed by atoms with Crippen molar-refractivity contribution in [3.05, 3.63) is 35.9 Å². The first-order valence-electron chi connectivity index (χ1n) is 9.09. The molecule has 1 saturated carbocycles. The highest BCUT2D eigenvalue weighted by molar-refractivity contribution is 6.74. The van der Waals surface area contributed by atoms with E-state index >= 15 is 0 Å². The molecule has 134 valence electrons. The monoisotopic (exact) mass is 348 g/mol. The molecule has 4 heteroatoms. The van der Waals surface area contributed by atoms with Crippen molar-refractivity contribution in [1.82, 2.24) is 0 Å². The van der Waals surface area contributed by atoms with E-state index in [0.29, 0.717) is 5.92 Å². The van der Waals surface area contributed by atoms with Crippen LogP contribution in [0.4, 0.5) is 0 Å². The van der Waals surface area contributed by atoms with E-state index in [1.807, 2.05) is 6.07 Å². The number of benzene rings is 1. The number of rotatable bonds is 5. The van der Waals surface area contributed by atoms with Crippen LogP contribution in [0.15, 0.2) is 30.3 Å². The molecule has 0 heterocycles. The second kappa shape index (κ2) is 7.83. The summed E-state index contributed by atoms with van der Waals surface area (Å²) in [7, 11) is -1.92. The van der Waals surface area contributed by atoms with Crippen molar-refractivity contribution < 1.29 is 14.0 Å². The van der Waals surface area contributed by atoms with Crippen molar-refractivity contribution in [2.24, 2.45) is 0 Å². The van der Waals surface area contributed by atoms with Gasteiger partial charge in [-0.3, -0.25) is 0 Å². The van der Waals surface area contributed by atoms with Crippen molar-refractivity contribution in [2.75, 3.05) is 6.61 Å². The molecule has 2 rings (SSSR count). The molecular formula is C20H32O3Si. The molecular weight excluding hydrogens is 316 g/mol. The van der Waals surface area contributed by atoms with E-state index in [2.05, 4.69) is 58.1 Å². The van der Waals surface area contributed by atoms with Crippen molar-refractivity contribution in [3.63, 3.8) is 0 Å². The van der Waals surface area contributed by atoms with Gasteiger partial charge in [-0.1, -0.05) is 57.5 Å². The maximum atomic E-state index is 12.3. The molecule has 0 aromatic heterocycles. The molecule has 1 aliphatic carbocycles. The SMILES string of the molecule is CC(C)(C)[Si](C)(C)OCC(=O)O[C@@H]1CCCC[C@H]1c1ccccc1. The van der Waals surface area contributed by atoms with Gasteiger partial charge in [0.05, 0.1) is 0 Å². The maximum absolute atomic E-state index is 12.3. The molecule has 0 saturated heterocycles. The lowest BCUT2D eigenvalue weighted by Crippen LogP contribution is -2.42. The van der Waals surface area contributed by atoms with Gasteiger partial charge >= 0.3 is 5.97 Å². The predicted molar refractivity (Wildman–Crippen MR) is 101 cm³/mol. The minimum atomic E-state index is -1.92. The molecule has 0 amide bonds. The van der Waals surface area contributed by atoms with Gasteiger partial charge in [0.2, 0.25) is 0 Å². The molecule has 3 nitrogen and oxygen atoms in total. The first-order chi connectivity index (χ1) is 11.2. The topological polar surface area (TPSA) is 35.5 Å². The molecule has 0 aliphatic heterocycles. The Morgan fingerprint density at radius 3 is 2.38 bits per heavy atom. The van der Waals surface area contributed by atoms with Gasteiger partial charge < -0.3 is 9.16 Å². The van der Waals surface area contributed by atoms with Crippen LogP contribution in [0.1, 0.15) is 57.9 Å². The fourth-order valence-electron chi connectivity index (χ4n) is 2.98. The summed E-state index contributed by atoms with van der Waals surface area (Å²) in [5.74, 6) is 0.101. The smallest absolute Gasteiger partial charge is 0.331 e. The van der Waals surface area contributed by atoms with Gasteiger partial charge in [-0.2, -0.15) is 0 Å². The molecule has 0 unspecified atom stereocenters. The number of hydrogen-bond acceptors (Lipinski definition) is 3. The molecule has 1 aliphatic rings. The molecule has 0 radical (unpaired) electrons. The summed E-state index contributed by atoms with van der Waals surface area (Å²) in [5, 5.41) is 0.102. The van der Waals surface area contributed by atoms with Gasteiger partial charge in [0.15, 0.2) is 8.32 Å². The van der Waals surface area contributed by atoms with E-state index in [-0.39, 0.29) is 23.7 Å². The van der Waals surface area contributed by atoms with Gasteiger partial charge in [-0.05, 0) is 43.0 Å². The Morgan fingerprint density at radius 2 is 1.75 bits per heavy atom. The Morgan fingerprint density at radius 1 is 1.12 bits per heavy atom. The fourth-order valence-corrected chi connectivity index (χ4v) is 3.89. The lowest BCUT2D eigenvalue weighted by Gasteiger charge is -2.36. The average molecular weight is 349 g/mol. The lowest BCUT2D eigenvalue weighted by molar-refractivity contribution is -0.154. The molecule has 1 aromatic carbocycles. The van der Waals surface area contributed by atoms with Crippen LogP contribution < -0.4 is 0 Å². The standard InChI is InChI=1S/C20H32O3Si/c1-20(2,3)24(4,5)22-15-19(21)23-18-14-10-9-13-17(18)16-11-7-6-8-12-16/h6-8,11-12,17-18H,9-10,13-15H2,1-5H3/t17-,18+/m0/s1. The van der Waals surface area contributed by atoms with E-state index in [4.69, 9.17) is 9.16 Å². The second-order valence-corrected chi connectivity index (χ2v) is 13.2. The summed E-state index contributed by atoms with van der Waals surface area (Å²) in [5.41, 5.74) is 1.28. The zero-order chi connectivity index (χ0) is 17.8. The quantitative estimate of drug-likeness (QED) is 0.536. The summed E-state index contributed by atoms with van der Waals surface area (Å²) in [6.45, 7) is 10.9. The van der Waals surface area contributed by atoms with E-state index in [0.717, 1.165) is 19.3 Å². The van der Waals surface area contributed by atoms with E-state index in [9.17, 15) is 4.79 Å². The molecule has 1 aromatic rings. The van der Waals surface area contributed by atoms with Gasteiger partial charge in [-0.15, -0.1) is 0 Å². The summed E-state index contributed by atoms with van der Waals surface area (Å²) < 4.78 is 11.8. The Balaban J connectivity index is 1.94. The number of esters is 1. The zero-order valence-corrected chi connectivity index (χ0v) is 16.8. The Hall–Kier alpha value is -1.13. The van der Waals surface area contributed by atoms with Crippen molar-refractivity contribution in [3.8, 4) is 0 Å². The van der Waals surface area contributed by atoms with Crippen LogP contribution in [-0.2, 0) is 14.0 Å². The second-order valence-electron chi connectivity index (χ2n) is 8.38. The van der Waals surface area contributed by atoms with Crippen LogP contribution >= 0.6 is 0 Å². The fraction of sp³-hybridized carbons (Fsp3) is 0.650. The lowest BCUT2D eigenvalue weighted by atomic mass is 9.81. The van der Waals surface area contributed by atoms with Crippen LogP contribution in [0, 0.1) is 0 Å². The molecule has 0 bridgehead atoms. The Bertz CT molecular complexity index is 534. The van der Waals surface area contributed by atoms with Crippen molar-refractivity contribution >= 4 is 14.3 Å². The summed E-state index contributed by atoms with van der Waals surface area (Å²) in [4.78, 5) is 12.3. The largest absolute Gasteiger partial charge is 0.460 e. The number of hydrogen-bond donors (Lipinski definition) is 0.